The van der Waals surface area contributed by atoms with E-state index in [-0.39, 0.29) is 17.6 Å². The first-order valence-electron chi connectivity index (χ1n) is 16.1. The lowest BCUT2D eigenvalue weighted by Gasteiger charge is -2.22. The van der Waals surface area contributed by atoms with Crippen LogP contribution >= 0.6 is 0 Å². The summed E-state index contributed by atoms with van der Waals surface area (Å²) < 4.78 is 0. The Labute approximate surface area is 279 Å². The normalized spacial score (nSPS) is 12.8. The summed E-state index contributed by atoms with van der Waals surface area (Å²) in [5.41, 5.74) is 6.77. The topological polar surface area (TPSA) is 118 Å². The molecule has 2 N–H and O–H groups in total. The number of nitrogens with one attached hydrogen (secondary N) is 1. The van der Waals surface area contributed by atoms with Crippen LogP contribution in [0.4, 0.5) is 0 Å². The van der Waals surface area contributed by atoms with Crippen LogP contribution in [0.2, 0.25) is 0 Å². The highest BCUT2D eigenvalue weighted by molar-refractivity contribution is 5.93. The third-order valence-electron chi connectivity index (χ3n) is 8.13. The van der Waals surface area contributed by atoms with Crippen molar-refractivity contribution in [3.63, 3.8) is 0 Å². The molecule has 0 spiro atoms. The van der Waals surface area contributed by atoms with Crippen LogP contribution in [0.5, 0.6) is 0 Å². The molecule has 8 heteroatoms. The number of hydrogen-bond donors (Lipinski definition) is 2. The van der Waals surface area contributed by atoms with Crippen LogP contribution in [-0.2, 0) is 0 Å². The van der Waals surface area contributed by atoms with Crippen molar-refractivity contribution in [1.82, 2.24) is 25.3 Å². The van der Waals surface area contributed by atoms with Crippen LogP contribution in [0.1, 0.15) is 53.1 Å². The van der Waals surface area contributed by atoms with Crippen LogP contribution in [-0.4, -0.2) is 43.0 Å². The molecule has 1 saturated carbocycles. The van der Waals surface area contributed by atoms with Crippen molar-refractivity contribution in [2.24, 2.45) is 0 Å². The molecule has 0 saturated heterocycles. The molecular weight excluding hydrogens is 598 g/mol. The molecule has 0 atom stereocenters. The van der Waals surface area contributed by atoms with E-state index < -0.39 is 5.97 Å². The molecule has 7 rings (SSSR count). The molecule has 4 aromatic carbocycles. The summed E-state index contributed by atoms with van der Waals surface area (Å²) in [6.45, 7) is 0. The zero-order chi connectivity index (χ0) is 33.1. The molecule has 2 aromatic heterocycles. The summed E-state index contributed by atoms with van der Waals surface area (Å²) in [6.07, 6.45) is 8.59. The van der Waals surface area contributed by atoms with Gasteiger partial charge in [0.25, 0.3) is 5.91 Å². The smallest absolute Gasteiger partial charge is 0.356 e. The Kier molecular flexibility index (Phi) is 10.3. The third kappa shape index (κ3) is 7.85. The Morgan fingerprint density at radius 1 is 0.521 bits per heavy atom. The highest BCUT2D eigenvalue weighted by atomic mass is 16.4. The molecule has 1 fully saturated rings. The van der Waals surface area contributed by atoms with Gasteiger partial charge in [-0.25, -0.2) is 14.8 Å². The molecule has 0 unspecified atom stereocenters. The van der Waals surface area contributed by atoms with Gasteiger partial charge in [0.1, 0.15) is 5.69 Å². The SMILES string of the molecule is O=C(NC1CCCCC1)c1cnc(-c2ccccc2)c(-c2ccccc2)n1.O=C(O)c1cnc(-c2ccccc2)c(-c2ccccc2)n1. The fraction of sp³-hybridized carbons (Fsp3) is 0.150. The number of nitrogens with zero attached hydrogens (tertiary/aromatic N) is 4. The minimum Gasteiger partial charge on any atom is -0.476 e. The quantitative estimate of drug-likeness (QED) is 0.181. The van der Waals surface area contributed by atoms with Crippen molar-refractivity contribution in [1.29, 1.82) is 0 Å². The van der Waals surface area contributed by atoms with Crippen molar-refractivity contribution in [3.8, 4) is 45.0 Å². The van der Waals surface area contributed by atoms with Crippen LogP contribution in [0.25, 0.3) is 45.0 Å². The van der Waals surface area contributed by atoms with Crippen molar-refractivity contribution in [2.45, 2.75) is 38.1 Å². The molecule has 1 aliphatic carbocycles. The van der Waals surface area contributed by atoms with Gasteiger partial charge < -0.3 is 10.4 Å². The molecule has 2 heterocycles. The lowest BCUT2D eigenvalue weighted by molar-refractivity contribution is 0.0689. The van der Waals surface area contributed by atoms with E-state index in [1.807, 2.05) is 121 Å². The van der Waals surface area contributed by atoms with Gasteiger partial charge >= 0.3 is 5.97 Å². The Morgan fingerprint density at radius 2 is 0.896 bits per heavy atom. The van der Waals surface area contributed by atoms with Crippen LogP contribution < -0.4 is 5.32 Å². The van der Waals surface area contributed by atoms with Gasteiger partial charge in [-0.1, -0.05) is 141 Å². The minimum absolute atomic E-state index is 0.0615. The predicted octanol–water partition coefficient (Wildman–Crippen LogP) is 8.38. The van der Waals surface area contributed by atoms with Gasteiger partial charge in [-0.3, -0.25) is 14.8 Å². The van der Waals surface area contributed by atoms with Crippen molar-refractivity contribution in [2.75, 3.05) is 0 Å². The van der Waals surface area contributed by atoms with E-state index in [0.717, 1.165) is 46.5 Å². The summed E-state index contributed by atoms with van der Waals surface area (Å²) in [6, 6.07) is 39.2. The number of carboxylic acid groups (broad SMARTS) is 1. The lowest BCUT2D eigenvalue weighted by atomic mass is 9.95. The Balaban J connectivity index is 0.000000173. The highest BCUT2D eigenvalue weighted by Crippen LogP contribution is 2.30. The second kappa shape index (κ2) is 15.5. The standard InChI is InChI=1S/C23H23N3O.C17H12N2O2/c27-23(25-19-14-8-3-9-15-19)20-16-24-21(17-10-4-1-5-11-17)22(26-20)18-12-6-2-7-13-18;20-17(21)14-11-18-15(12-7-3-1-4-8-12)16(19-14)13-9-5-2-6-10-13/h1-2,4-7,10-13,16,19H,3,8-9,14-15H2,(H,25,27);1-11H,(H,20,21). The zero-order valence-electron chi connectivity index (χ0n) is 26.4. The minimum atomic E-state index is -1.08. The molecule has 238 valence electrons. The molecular formula is C40H35N5O3. The number of benzene rings is 4. The van der Waals surface area contributed by atoms with Gasteiger partial charge in [0.15, 0.2) is 5.69 Å². The van der Waals surface area contributed by atoms with Crippen LogP contribution in [0.3, 0.4) is 0 Å². The second-order valence-corrected chi connectivity index (χ2v) is 11.5. The summed E-state index contributed by atoms with van der Waals surface area (Å²) in [4.78, 5) is 41.7. The van der Waals surface area contributed by atoms with Gasteiger partial charge in [0.05, 0.1) is 35.2 Å². The monoisotopic (exact) mass is 633 g/mol. The maximum atomic E-state index is 12.7. The molecule has 0 radical (unpaired) electrons. The number of aromatic carboxylic acids is 1. The Hall–Kier alpha value is -6.02. The molecule has 1 amide bonds. The summed E-state index contributed by atoms with van der Waals surface area (Å²) in [5, 5.41) is 12.2. The van der Waals surface area contributed by atoms with E-state index in [9.17, 15) is 9.59 Å². The van der Waals surface area contributed by atoms with Crippen molar-refractivity contribution < 1.29 is 14.7 Å². The Bertz CT molecular complexity index is 1970. The average Bonchev–Trinajstić information content (AvgIpc) is 3.16. The maximum absolute atomic E-state index is 12.7. The van der Waals surface area contributed by atoms with E-state index >= 15 is 0 Å². The fourth-order valence-electron chi connectivity index (χ4n) is 5.71. The number of amides is 1. The molecule has 0 aliphatic heterocycles. The summed E-state index contributed by atoms with van der Waals surface area (Å²) in [7, 11) is 0. The molecule has 8 nitrogen and oxygen atoms in total. The van der Waals surface area contributed by atoms with E-state index in [1.165, 1.54) is 25.5 Å². The number of hydrogen-bond acceptors (Lipinski definition) is 6. The van der Waals surface area contributed by atoms with E-state index in [0.29, 0.717) is 17.1 Å². The molecule has 0 bridgehead atoms. The first-order chi connectivity index (χ1) is 23.6. The van der Waals surface area contributed by atoms with Gasteiger partial charge in [-0.2, -0.15) is 0 Å². The lowest BCUT2D eigenvalue weighted by Crippen LogP contribution is -2.36. The predicted molar refractivity (Wildman–Crippen MR) is 187 cm³/mol. The second-order valence-electron chi connectivity index (χ2n) is 11.5. The summed E-state index contributed by atoms with van der Waals surface area (Å²) >= 11 is 0. The number of carboxylic acids is 1. The van der Waals surface area contributed by atoms with Gasteiger partial charge in [-0.05, 0) is 12.8 Å². The first-order valence-corrected chi connectivity index (χ1v) is 16.1. The van der Waals surface area contributed by atoms with E-state index in [1.54, 1.807) is 6.20 Å². The highest BCUT2D eigenvalue weighted by Gasteiger charge is 2.20. The van der Waals surface area contributed by atoms with Gasteiger partial charge in [0.2, 0.25) is 0 Å². The Morgan fingerprint density at radius 3 is 1.31 bits per heavy atom. The van der Waals surface area contributed by atoms with Crippen molar-refractivity contribution in [3.05, 3.63) is 145 Å². The van der Waals surface area contributed by atoms with Crippen molar-refractivity contribution >= 4 is 11.9 Å². The van der Waals surface area contributed by atoms with E-state index in [2.05, 4.69) is 20.3 Å². The van der Waals surface area contributed by atoms with Gasteiger partial charge in [0, 0.05) is 28.3 Å². The van der Waals surface area contributed by atoms with Crippen LogP contribution in [0, 0.1) is 0 Å². The molecule has 48 heavy (non-hydrogen) atoms. The van der Waals surface area contributed by atoms with Gasteiger partial charge in [-0.15, -0.1) is 0 Å². The fourth-order valence-corrected chi connectivity index (χ4v) is 5.71. The largest absolute Gasteiger partial charge is 0.476 e. The number of carbonyl (C=O) groups excluding carboxylic acids is 1. The number of rotatable bonds is 7. The number of carbonyl (C=O) groups is 2. The number of aromatic nitrogens is 4. The van der Waals surface area contributed by atoms with E-state index in [4.69, 9.17) is 10.1 Å². The first kappa shape index (κ1) is 31.9. The third-order valence-corrected chi connectivity index (χ3v) is 8.13. The zero-order valence-corrected chi connectivity index (χ0v) is 26.4. The molecule has 1 aliphatic rings. The van der Waals surface area contributed by atoms with Crippen LogP contribution in [0.15, 0.2) is 134 Å². The maximum Gasteiger partial charge on any atom is 0.356 e. The average molecular weight is 634 g/mol. The summed E-state index contributed by atoms with van der Waals surface area (Å²) in [5.74, 6) is -1.22. The molecule has 6 aromatic rings.